The van der Waals surface area contributed by atoms with E-state index in [1.165, 1.54) is 6.33 Å². The van der Waals surface area contributed by atoms with Crippen molar-refractivity contribution < 1.29 is 0 Å². The van der Waals surface area contributed by atoms with Crippen LogP contribution in [0.2, 0.25) is 0 Å². The predicted molar refractivity (Wildman–Crippen MR) is 49.2 cm³/mol. The third kappa shape index (κ3) is 0.819. The predicted octanol–water partition coefficient (Wildman–Crippen LogP) is -1.12. The Labute approximate surface area is 78.6 Å². The van der Waals surface area contributed by atoms with Crippen LogP contribution >= 0.6 is 0 Å². The molecule has 0 spiro atoms. The van der Waals surface area contributed by atoms with E-state index >= 15 is 0 Å². The first-order valence-electron chi connectivity index (χ1n) is 4.13. The van der Waals surface area contributed by atoms with Gasteiger partial charge in [0.25, 0.3) is 0 Å². The molecule has 0 radical (unpaired) electrons. The van der Waals surface area contributed by atoms with Crippen molar-refractivity contribution in [3.05, 3.63) is 23.1 Å². The molecule has 0 aromatic carbocycles. The van der Waals surface area contributed by atoms with E-state index in [0.717, 1.165) is 27.7 Å². The highest BCUT2D eigenvalue weighted by Gasteiger charge is 2.20. The van der Waals surface area contributed by atoms with Crippen molar-refractivity contribution in [2.24, 2.45) is 21.2 Å². The Balaban J connectivity index is 2.56. The summed E-state index contributed by atoms with van der Waals surface area (Å²) in [7, 11) is 0. The van der Waals surface area contributed by atoms with Crippen LogP contribution in [-0.4, -0.2) is 15.7 Å². The lowest BCUT2D eigenvalue weighted by Crippen LogP contribution is -2.39. The smallest absolute Gasteiger partial charge is 0.138 e. The molecule has 0 atom stereocenters. The molecular formula is C8H6N6. The average molecular weight is 186 g/mol. The van der Waals surface area contributed by atoms with E-state index in [9.17, 15) is 0 Å². The van der Waals surface area contributed by atoms with Crippen molar-refractivity contribution in [3.8, 4) is 0 Å². The van der Waals surface area contributed by atoms with Gasteiger partial charge in [0.1, 0.15) is 23.1 Å². The first-order valence-corrected chi connectivity index (χ1v) is 4.13. The number of nitrogens with two attached hydrogens (primary N) is 1. The van der Waals surface area contributed by atoms with Crippen molar-refractivity contribution >= 4 is 17.1 Å². The summed E-state index contributed by atoms with van der Waals surface area (Å²) >= 11 is 0. The second kappa shape index (κ2) is 2.44. The first-order chi connectivity index (χ1) is 6.86. The maximum absolute atomic E-state index is 5.86. The van der Waals surface area contributed by atoms with Crippen LogP contribution in [0.4, 0.5) is 0 Å². The van der Waals surface area contributed by atoms with Gasteiger partial charge in [-0.1, -0.05) is 0 Å². The van der Waals surface area contributed by atoms with Crippen LogP contribution in [0.5, 0.6) is 0 Å². The summed E-state index contributed by atoms with van der Waals surface area (Å²) in [6, 6.07) is 0. The first kappa shape index (κ1) is 7.31. The molecule has 0 unspecified atom stereocenters. The van der Waals surface area contributed by atoms with Crippen molar-refractivity contribution in [1.82, 2.24) is 9.97 Å². The van der Waals surface area contributed by atoms with Gasteiger partial charge in [-0.3, -0.25) is 0 Å². The monoisotopic (exact) mass is 186 g/mol. The topological polar surface area (TPSA) is 88.9 Å². The van der Waals surface area contributed by atoms with Crippen LogP contribution in [0.25, 0.3) is 11.4 Å². The van der Waals surface area contributed by atoms with Gasteiger partial charge in [0.15, 0.2) is 0 Å². The molecule has 1 aromatic heterocycles. The van der Waals surface area contributed by atoms with Crippen molar-refractivity contribution in [3.63, 3.8) is 0 Å². The molecule has 6 heteroatoms. The van der Waals surface area contributed by atoms with Crippen LogP contribution in [0.1, 0.15) is 6.42 Å². The lowest BCUT2D eigenvalue weighted by Gasteiger charge is -2.07. The van der Waals surface area contributed by atoms with Crippen LogP contribution in [0.3, 0.4) is 0 Å². The molecule has 0 amide bonds. The Bertz CT molecular complexity index is 582. The van der Waals surface area contributed by atoms with Gasteiger partial charge < -0.3 is 5.73 Å². The second-order valence-corrected chi connectivity index (χ2v) is 3.07. The Morgan fingerprint density at radius 1 is 1.36 bits per heavy atom. The van der Waals surface area contributed by atoms with E-state index in [2.05, 4.69) is 25.4 Å². The van der Waals surface area contributed by atoms with Crippen LogP contribution < -0.4 is 16.3 Å². The summed E-state index contributed by atoms with van der Waals surface area (Å²) in [6.07, 6.45) is 3.73. The number of hydrogen-bond acceptors (Lipinski definition) is 6. The number of hydrogen-bond donors (Lipinski definition) is 1. The summed E-state index contributed by atoms with van der Waals surface area (Å²) in [4.78, 5) is 8.05. The van der Waals surface area contributed by atoms with Gasteiger partial charge in [0.05, 0.1) is 0 Å². The van der Waals surface area contributed by atoms with Crippen LogP contribution in [-0.2, 0) is 0 Å². The van der Waals surface area contributed by atoms with E-state index in [-0.39, 0.29) is 0 Å². The molecule has 0 fully saturated rings. The molecule has 0 saturated carbocycles. The molecule has 14 heavy (non-hydrogen) atoms. The fourth-order valence-electron chi connectivity index (χ4n) is 1.56. The molecule has 1 aliphatic heterocycles. The summed E-state index contributed by atoms with van der Waals surface area (Å²) in [5.74, 6) is 0. The SMILES string of the molecule is NC1=c2cncnc2=C2N=NN=C2C1. The van der Waals surface area contributed by atoms with E-state index < -0.39 is 0 Å². The third-order valence-electron chi connectivity index (χ3n) is 2.22. The molecule has 68 valence electrons. The van der Waals surface area contributed by atoms with Gasteiger partial charge in [-0.15, -0.1) is 10.2 Å². The quantitative estimate of drug-likeness (QED) is 0.556. The minimum Gasteiger partial charge on any atom is -0.401 e. The van der Waals surface area contributed by atoms with Gasteiger partial charge in [-0.2, -0.15) is 0 Å². The summed E-state index contributed by atoms with van der Waals surface area (Å²) in [6.45, 7) is 0. The van der Waals surface area contributed by atoms with E-state index in [1.807, 2.05) is 0 Å². The fraction of sp³-hybridized carbons (Fsp3) is 0.125. The minimum absolute atomic E-state index is 0.572. The lowest BCUT2D eigenvalue weighted by atomic mass is 10.1. The zero-order valence-electron chi connectivity index (χ0n) is 7.18. The van der Waals surface area contributed by atoms with Gasteiger partial charge in [0, 0.05) is 23.5 Å². The Kier molecular flexibility index (Phi) is 1.27. The molecule has 0 bridgehead atoms. The standard InChI is InChI=1S/C8H6N6/c9-5-1-6-8(13-14-12-6)7-4(5)2-10-3-11-7/h2-3H,1,9H2. The van der Waals surface area contributed by atoms with E-state index in [4.69, 9.17) is 5.73 Å². The molecule has 2 aliphatic rings. The Morgan fingerprint density at radius 3 is 3.21 bits per heavy atom. The number of aromatic nitrogens is 2. The van der Waals surface area contributed by atoms with Gasteiger partial charge in [-0.05, 0) is 5.22 Å². The van der Waals surface area contributed by atoms with Gasteiger partial charge in [0.2, 0.25) is 0 Å². The van der Waals surface area contributed by atoms with Crippen molar-refractivity contribution in [1.29, 1.82) is 0 Å². The zero-order chi connectivity index (χ0) is 9.54. The molecule has 6 nitrogen and oxygen atoms in total. The summed E-state index contributed by atoms with van der Waals surface area (Å²) < 4.78 is 0. The summed E-state index contributed by atoms with van der Waals surface area (Å²) in [5.41, 5.74) is 8.08. The fourth-order valence-corrected chi connectivity index (χ4v) is 1.56. The normalized spacial score (nSPS) is 17.9. The number of nitrogens with zero attached hydrogens (tertiary/aromatic N) is 5. The van der Waals surface area contributed by atoms with Crippen molar-refractivity contribution in [2.45, 2.75) is 6.42 Å². The second-order valence-electron chi connectivity index (χ2n) is 3.07. The highest BCUT2D eigenvalue weighted by atomic mass is 15.4. The third-order valence-corrected chi connectivity index (χ3v) is 2.22. The maximum Gasteiger partial charge on any atom is 0.138 e. The number of fused-ring (bicyclic) bond motifs is 2. The lowest BCUT2D eigenvalue weighted by molar-refractivity contribution is 1.06. The average Bonchev–Trinajstić information content (AvgIpc) is 2.66. The molecule has 2 heterocycles. The highest BCUT2D eigenvalue weighted by Crippen LogP contribution is 2.15. The zero-order valence-corrected chi connectivity index (χ0v) is 7.18. The van der Waals surface area contributed by atoms with Crippen LogP contribution in [0.15, 0.2) is 28.0 Å². The molecule has 1 aromatic rings. The van der Waals surface area contributed by atoms with E-state index in [0.29, 0.717) is 6.42 Å². The molecule has 1 aliphatic carbocycles. The summed E-state index contributed by atoms with van der Waals surface area (Å²) in [5, 5.41) is 13.0. The highest BCUT2D eigenvalue weighted by molar-refractivity contribution is 6.21. The molecular weight excluding hydrogens is 180 g/mol. The minimum atomic E-state index is 0.572. The molecule has 3 rings (SSSR count). The Hall–Kier alpha value is -2.11. The number of rotatable bonds is 0. The van der Waals surface area contributed by atoms with Crippen molar-refractivity contribution in [2.75, 3.05) is 0 Å². The van der Waals surface area contributed by atoms with E-state index in [1.54, 1.807) is 6.20 Å². The van der Waals surface area contributed by atoms with Gasteiger partial charge in [-0.25, -0.2) is 9.97 Å². The maximum atomic E-state index is 5.86. The molecule has 2 N–H and O–H groups in total. The van der Waals surface area contributed by atoms with Gasteiger partial charge >= 0.3 is 0 Å². The molecule has 0 saturated heterocycles. The largest absolute Gasteiger partial charge is 0.401 e. The Morgan fingerprint density at radius 2 is 2.29 bits per heavy atom. The van der Waals surface area contributed by atoms with Crippen LogP contribution in [0, 0.1) is 0 Å².